The first kappa shape index (κ1) is 12.4. The highest BCUT2D eigenvalue weighted by molar-refractivity contribution is 5.71. The average molecular weight is 224 g/mol. The highest BCUT2D eigenvalue weighted by Crippen LogP contribution is 2.04. The molecule has 0 N–H and O–H groups in total. The van der Waals surface area contributed by atoms with Gasteiger partial charge in [-0.05, 0) is 26.3 Å². The molecule has 0 spiro atoms. The Balaban J connectivity index is 2.39. The van der Waals surface area contributed by atoms with Gasteiger partial charge in [0.05, 0.1) is 6.61 Å². The zero-order valence-electron chi connectivity index (χ0n) is 9.60. The van der Waals surface area contributed by atoms with Gasteiger partial charge in [-0.1, -0.05) is 0 Å². The van der Waals surface area contributed by atoms with Gasteiger partial charge >= 0.3 is 5.97 Å². The van der Waals surface area contributed by atoms with Crippen LogP contribution < -0.4 is 0 Å². The van der Waals surface area contributed by atoms with Gasteiger partial charge in [-0.15, -0.1) is 0 Å². The minimum atomic E-state index is -0.192. The van der Waals surface area contributed by atoms with Crippen molar-refractivity contribution < 1.29 is 14.3 Å². The number of rotatable bonds is 6. The van der Waals surface area contributed by atoms with Gasteiger partial charge in [-0.25, -0.2) is 0 Å². The lowest BCUT2D eigenvalue weighted by Gasteiger charge is -2.04. The van der Waals surface area contributed by atoms with E-state index >= 15 is 0 Å². The van der Waals surface area contributed by atoms with Crippen molar-refractivity contribution in [2.45, 2.75) is 33.2 Å². The van der Waals surface area contributed by atoms with Crippen LogP contribution in [0.4, 0.5) is 0 Å². The monoisotopic (exact) mass is 224 g/mol. The zero-order valence-corrected chi connectivity index (χ0v) is 9.60. The van der Waals surface area contributed by atoms with Gasteiger partial charge in [0, 0.05) is 18.7 Å². The molecule has 0 atom stereocenters. The molecule has 0 unspecified atom stereocenters. The van der Waals surface area contributed by atoms with Crippen molar-refractivity contribution in [3.05, 3.63) is 17.5 Å². The van der Waals surface area contributed by atoms with Crippen LogP contribution in [0.1, 0.15) is 35.9 Å². The maximum Gasteiger partial charge on any atom is 0.305 e. The van der Waals surface area contributed by atoms with Crippen LogP contribution >= 0.6 is 0 Å². The molecule has 0 bridgehead atoms. The minimum Gasteiger partial charge on any atom is -0.466 e. The summed E-state index contributed by atoms with van der Waals surface area (Å²) in [5.41, 5.74) is 1.35. The van der Waals surface area contributed by atoms with Crippen molar-refractivity contribution in [3.63, 3.8) is 0 Å². The number of aryl methyl sites for hydroxylation is 2. The molecule has 0 aliphatic heterocycles. The minimum absolute atomic E-state index is 0.192. The Morgan fingerprint density at radius 1 is 1.62 bits per heavy atom. The van der Waals surface area contributed by atoms with Crippen LogP contribution in [0.3, 0.4) is 0 Å². The van der Waals surface area contributed by atoms with Gasteiger partial charge in [-0.3, -0.25) is 14.3 Å². The molecule has 5 heteroatoms. The highest BCUT2D eigenvalue weighted by atomic mass is 16.5. The van der Waals surface area contributed by atoms with Crippen LogP contribution in [0.2, 0.25) is 0 Å². The third-order valence-corrected chi connectivity index (χ3v) is 2.18. The number of nitrogens with zero attached hydrogens (tertiary/aromatic N) is 2. The molecule has 0 radical (unpaired) electrons. The maximum absolute atomic E-state index is 11.1. The molecule has 0 saturated heterocycles. The first-order valence-corrected chi connectivity index (χ1v) is 5.32. The first-order valence-electron chi connectivity index (χ1n) is 5.32. The molecule has 0 aliphatic carbocycles. The van der Waals surface area contributed by atoms with Crippen molar-refractivity contribution in [3.8, 4) is 0 Å². The fourth-order valence-electron chi connectivity index (χ4n) is 1.43. The molecule has 0 aliphatic rings. The molecule has 1 rings (SSSR count). The lowest BCUT2D eigenvalue weighted by Crippen LogP contribution is -2.08. The third kappa shape index (κ3) is 3.49. The molecule has 0 fully saturated rings. The second-order valence-corrected chi connectivity index (χ2v) is 3.46. The summed E-state index contributed by atoms with van der Waals surface area (Å²) in [5, 5.41) is 4.07. The molecule has 5 nitrogen and oxygen atoms in total. The van der Waals surface area contributed by atoms with Crippen molar-refractivity contribution >= 4 is 12.3 Å². The van der Waals surface area contributed by atoms with Gasteiger partial charge in [0.15, 0.2) is 6.29 Å². The fraction of sp³-hybridized carbons (Fsp3) is 0.545. The van der Waals surface area contributed by atoms with E-state index in [0.717, 1.165) is 12.0 Å². The number of carbonyl (C=O) groups is 2. The lowest BCUT2D eigenvalue weighted by atomic mass is 10.3. The summed E-state index contributed by atoms with van der Waals surface area (Å²) in [5.74, 6) is -0.192. The SMILES string of the molecule is CCOC(=O)CCCn1nc(C=O)cc1C. The summed E-state index contributed by atoms with van der Waals surface area (Å²) < 4.78 is 6.54. The summed E-state index contributed by atoms with van der Waals surface area (Å²) in [7, 11) is 0. The number of hydrogen-bond donors (Lipinski definition) is 0. The zero-order chi connectivity index (χ0) is 12.0. The maximum atomic E-state index is 11.1. The molecule has 88 valence electrons. The third-order valence-electron chi connectivity index (χ3n) is 2.18. The molecule has 0 aromatic carbocycles. The van der Waals surface area contributed by atoms with E-state index in [4.69, 9.17) is 4.74 Å². The number of hydrogen-bond acceptors (Lipinski definition) is 4. The standard InChI is InChI=1S/C11H16N2O3/c1-3-16-11(15)5-4-6-13-9(2)7-10(8-14)12-13/h7-8H,3-6H2,1-2H3. The Hall–Kier alpha value is -1.65. The topological polar surface area (TPSA) is 61.2 Å². The average Bonchev–Trinajstić information content (AvgIpc) is 2.60. The van der Waals surface area contributed by atoms with Crippen molar-refractivity contribution in [2.24, 2.45) is 0 Å². The summed E-state index contributed by atoms with van der Waals surface area (Å²) in [6, 6.07) is 1.72. The largest absolute Gasteiger partial charge is 0.466 e. The lowest BCUT2D eigenvalue weighted by molar-refractivity contribution is -0.143. The number of esters is 1. The van der Waals surface area contributed by atoms with E-state index in [9.17, 15) is 9.59 Å². The van der Waals surface area contributed by atoms with E-state index in [2.05, 4.69) is 5.10 Å². The van der Waals surface area contributed by atoms with Crippen LogP contribution in [0.15, 0.2) is 6.07 Å². The van der Waals surface area contributed by atoms with E-state index in [1.165, 1.54) is 0 Å². The summed E-state index contributed by atoms with van der Waals surface area (Å²) in [6.07, 6.45) is 1.76. The van der Waals surface area contributed by atoms with Gasteiger partial charge in [0.1, 0.15) is 5.69 Å². The van der Waals surface area contributed by atoms with E-state index in [1.807, 2.05) is 6.92 Å². The Morgan fingerprint density at radius 2 is 2.38 bits per heavy atom. The number of carbonyl (C=O) groups excluding carboxylic acids is 2. The first-order chi connectivity index (χ1) is 7.67. The molecule has 1 heterocycles. The van der Waals surface area contributed by atoms with Gasteiger partial charge in [-0.2, -0.15) is 5.10 Å². The molecular formula is C11H16N2O3. The number of aromatic nitrogens is 2. The smallest absolute Gasteiger partial charge is 0.305 e. The van der Waals surface area contributed by atoms with E-state index in [0.29, 0.717) is 31.7 Å². The Kier molecular flexibility index (Phi) is 4.69. The van der Waals surface area contributed by atoms with Gasteiger partial charge in [0.25, 0.3) is 0 Å². The normalized spacial score (nSPS) is 10.1. The second kappa shape index (κ2) is 6.05. The summed E-state index contributed by atoms with van der Waals surface area (Å²) in [6.45, 7) is 4.70. The van der Waals surface area contributed by atoms with E-state index < -0.39 is 0 Å². The Labute approximate surface area is 94.4 Å². The predicted octanol–water partition coefficient (Wildman–Crippen LogP) is 1.35. The van der Waals surface area contributed by atoms with E-state index in [-0.39, 0.29) is 5.97 Å². The van der Waals surface area contributed by atoms with Crippen LogP contribution in [0.5, 0.6) is 0 Å². The molecular weight excluding hydrogens is 208 g/mol. The van der Waals surface area contributed by atoms with Gasteiger partial charge < -0.3 is 4.74 Å². The summed E-state index contributed by atoms with van der Waals surface area (Å²) >= 11 is 0. The predicted molar refractivity (Wildman–Crippen MR) is 58.2 cm³/mol. The quantitative estimate of drug-likeness (QED) is 0.540. The molecule has 0 saturated carbocycles. The van der Waals surface area contributed by atoms with Crippen LogP contribution in [0, 0.1) is 6.92 Å². The van der Waals surface area contributed by atoms with Crippen molar-refractivity contribution in [2.75, 3.05) is 6.61 Å². The van der Waals surface area contributed by atoms with Gasteiger partial charge in [0.2, 0.25) is 0 Å². The number of ether oxygens (including phenoxy) is 1. The molecule has 16 heavy (non-hydrogen) atoms. The highest BCUT2D eigenvalue weighted by Gasteiger charge is 2.05. The molecule has 1 aromatic heterocycles. The fourth-order valence-corrected chi connectivity index (χ4v) is 1.43. The van der Waals surface area contributed by atoms with Crippen LogP contribution in [0.25, 0.3) is 0 Å². The van der Waals surface area contributed by atoms with Crippen molar-refractivity contribution in [1.82, 2.24) is 9.78 Å². The molecule has 1 aromatic rings. The number of aldehydes is 1. The van der Waals surface area contributed by atoms with Crippen LogP contribution in [-0.4, -0.2) is 28.6 Å². The van der Waals surface area contributed by atoms with Crippen LogP contribution in [-0.2, 0) is 16.1 Å². The Morgan fingerprint density at radius 3 is 2.94 bits per heavy atom. The Bertz CT molecular complexity index is 371. The summed E-state index contributed by atoms with van der Waals surface area (Å²) in [4.78, 5) is 21.6. The van der Waals surface area contributed by atoms with Crippen molar-refractivity contribution in [1.29, 1.82) is 0 Å². The molecule has 0 amide bonds. The second-order valence-electron chi connectivity index (χ2n) is 3.46. The van der Waals surface area contributed by atoms with E-state index in [1.54, 1.807) is 17.7 Å².